The summed E-state index contributed by atoms with van der Waals surface area (Å²) in [7, 11) is 0. The number of hydrogen-bond acceptors (Lipinski definition) is 24. The molecular weight excluding hydrogens is 1500 g/mol. The molecule has 4 aliphatic rings. The highest BCUT2D eigenvalue weighted by molar-refractivity contribution is 7.98. The molecule has 0 spiro atoms. The number of unbranched alkanes of at least 4 members (excludes halogenated alkanes) is 1. The number of fused-ring (bicyclic) bond motifs is 4. The third-order valence-electron chi connectivity index (χ3n) is 19.5. The summed E-state index contributed by atoms with van der Waals surface area (Å²) in [5.74, 6) is -8.46. The Bertz CT molecular complexity index is 3360. The fraction of sp³-hybridized carbons (Fsp3) is 0.684. The van der Waals surface area contributed by atoms with Crippen molar-refractivity contribution in [2.75, 3.05) is 149 Å². The number of piperazine rings is 1. The predicted molar refractivity (Wildman–Crippen MR) is 425 cm³/mol. The molecule has 37 heteroatoms. The highest BCUT2D eigenvalue weighted by atomic mass is 32.2. The quantitative estimate of drug-likeness (QED) is 0.0308. The Kier molecular flexibility index (Phi) is 43.4. The number of carbonyl (C=O) groups excluding carboxylic acids is 12. The van der Waals surface area contributed by atoms with E-state index >= 15 is 4.79 Å². The average Bonchev–Trinajstić information content (AvgIpc) is 1.67. The van der Waals surface area contributed by atoms with Crippen LogP contribution in [0.1, 0.15) is 121 Å². The van der Waals surface area contributed by atoms with Crippen LogP contribution in [-0.2, 0) is 94.5 Å². The third-order valence-corrected chi connectivity index (χ3v) is 21.8. The van der Waals surface area contributed by atoms with Gasteiger partial charge in [-0.3, -0.25) is 67.4 Å². The van der Waals surface area contributed by atoms with Gasteiger partial charge in [0.2, 0.25) is 70.9 Å². The van der Waals surface area contributed by atoms with Crippen LogP contribution in [0.2, 0.25) is 0 Å². The molecule has 35 nitrogen and oxygen atoms in total. The molecule has 3 saturated heterocycles. The zero-order valence-corrected chi connectivity index (χ0v) is 67.4. The van der Waals surface area contributed by atoms with E-state index in [2.05, 4.69) is 58.2 Å². The molecule has 2 bridgehead atoms. The summed E-state index contributed by atoms with van der Waals surface area (Å²) in [6.07, 6.45) is 5.83. The molecule has 1 aromatic heterocycles. The van der Waals surface area contributed by atoms with E-state index in [4.69, 9.17) is 31.4 Å². The van der Waals surface area contributed by atoms with Crippen LogP contribution in [0.4, 0.5) is 0 Å². The summed E-state index contributed by atoms with van der Waals surface area (Å²) in [6, 6.07) is 0.448. The Labute approximate surface area is 670 Å². The summed E-state index contributed by atoms with van der Waals surface area (Å²) in [5.41, 5.74) is 18.8. The Balaban J connectivity index is 0.985. The second kappa shape index (κ2) is 52.4. The summed E-state index contributed by atoms with van der Waals surface area (Å²) in [6.45, 7) is 14.3. The van der Waals surface area contributed by atoms with Gasteiger partial charge in [0.25, 0.3) is 0 Å². The van der Waals surface area contributed by atoms with E-state index in [0.717, 1.165) is 5.56 Å². The van der Waals surface area contributed by atoms with Crippen molar-refractivity contribution in [2.24, 2.45) is 29.0 Å². The van der Waals surface area contributed by atoms with Gasteiger partial charge in [0.1, 0.15) is 48.3 Å². The fourth-order valence-corrected chi connectivity index (χ4v) is 15.3. The highest BCUT2D eigenvalue weighted by Gasteiger charge is 2.45. The first kappa shape index (κ1) is 93.7. The monoisotopic (exact) mass is 1620 g/mol. The van der Waals surface area contributed by atoms with Gasteiger partial charge in [-0.1, -0.05) is 70.0 Å². The summed E-state index contributed by atoms with van der Waals surface area (Å²) in [4.78, 5) is 190. The van der Waals surface area contributed by atoms with Crippen molar-refractivity contribution < 1.29 is 81.6 Å². The Morgan fingerprint density at radius 2 is 1.21 bits per heavy atom. The molecule has 0 radical (unpaired) electrons. The molecule has 0 unspecified atom stereocenters. The number of carboxylic acid groups (broad SMARTS) is 1. The van der Waals surface area contributed by atoms with Crippen molar-refractivity contribution in [3.05, 3.63) is 65.5 Å². The standard InChI is InChI=1S/C76H122N18O17S2/c1-4-5-15-56(85-65(97)21-20-64(96)83-24-11-34-109-36-38-111-39-37-110-35-12-25-84-66(98)46-91-30-32-92(33-31-91)73(104)55(44-80-26-22-77)45-81-27-23-78)68(99)88-59-49-112-47-53-40-54(43-82-42-53)48-113-50-60(76(107)108)89-70(101)58(41-52-13-7-6-8-14-52)87-69(100)57(18-19-63(79)95)86-72(103)67(51(2)3)90-71(102)61-16-9-28-93(61)75(106)62-17-10-29-94(62)74(59)105/h6-8,13-14,40,42-43,51,55-62,67,80-81H,4-5,9-12,15-39,41,44-50,77-78H2,1-3H3,(H2,79,95)(H,83,96)(H,84,98)(H,85,97)(H,86,103)(H,87,100)(H,88,99)(H,89,101)(H,90,102)(H,107,108)/t56-,57-,58-,59-,60-,61-,62-,67-/m0/s1. The number of thioether (sulfide) groups is 2. The molecular formula is C76H122N18O17S2. The van der Waals surface area contributed by atoms with Gasteiger partial charge in [-0.25, -0.2) is 4.79 Å². The second-order valence-corrected chi connectivity index (χ2v) is 31.0. The number of nitrogens with zero attached hydrogens (tertiary/aromatic N) is 5. The highest BCUT2D eigenvalue weighted by Crippen LogP contribution is 2.28. The van der Waals surface area contributed by atoms with Crippen molar-refractivity contribution in [1.29, 1.82) is 0 Å². The van der Waals surface area contributed by atoms with Gasteiger partial charge in [-0.05, 0) is 74.0 Å². The number of aliphatic carboxylic acids is 1. The molecule has 113 heavy (non-hydrogen) atoms. The van der Waals surface area contributed by atoms with E-state index in [1.54, 1.807) is 56.6 Å². The average molecular weight is 1620 g/mol. The number of amides is 12. The van der Waals surface area contributed by atoms with E-state index in [9.17, 15) is 62.6 Å². The summed E-state index contributed by atoms with van der Waals surface area (Å²) in [5, 5.41) is 39.0. The van der Waals surface area contributed by atoms with Crippen LogP contribution >= 0.6 is 23.5 Å². The molecule has 3 fully saturated rings. The van der Waals surface area contributed by atoms with Gasteiger partial charge in [0.15, 0.2) is 0 Å². The van der Waals surface area contributed by atoms with Crippen molar-refractivity contribution in [2.45, 2.75) is 171 Å². The van der Waals surface area contributed by atoms with Crippen molar-refractivity contribution in [3.8, 4) is 0 Å². The van der Waals surface area contributed by atoms with E-state index < -0.39 is 113 Å². The number of nitrogens with two attached hydrogens (primary N) is 3. The molecule has 4 aliphatic heterocycles. The second-order valence-electron chi connectivity index (χ2n) is 28.9. The van der Waals surface area contributed by atoms with Gasteiger partial charge >= 0.3 is 5.97 Å². The minimum absolute atomic E-state index is 0.000546. The number of aromatic nitrogens is 1. The van der Waals surface area contributed by atoms with Gasteiger partial charge in [0.05, 0.1) is 38.9 Å². The Hall–Kier alpha value is -8.14. The number of benzene rings is 1. The van der Waals surface area contributed by atoms with Crippen molar-refractivity contribution in [3.63, 3.8) is 0 Å². The number of rotatable bonds is 41. The molecule has 5 heterocycles. The maximum Gasteiger partial charge on any atom is 0.327 e. The van der Waals surface area contributed by atoms with Crippen LogP contribution in [0.3, 0.4) is 0 Å². The summed E-state index contributed by atoms with van der Waals surface area (Å²) >= 11 is 2.50. The molecule has 12 amide bonds. The number of nitrogens with one attached hydrogen (secondary N) is 10. The third kappa shape index (κ3) is 34.1. The normalized spacial score (nSPS) is 21.1. The van der Waals surface area contributed by atoms with Crippen LogP contribution in [-0.4, -0.2) is 304 Å². The number of carbonyl (C=O) groups is 13. The van der Waals surface area contributed by atoms with Gasteiger partial charge in [0, 0.05) is 166 Å². The molecule has 630 valence electrons. The summed E-state index contributed by atoms with van der Waals surface area (Å²) < 4.78 is 16.9. The van der Waals surface area contributed by atoms with Gasteiger partial charge in [-0.2, -0.15) is 23.5 Å². The Morgan fingerprint density at radius 1 is 0.637 bits per heavy atom. The van der Waals surface area contributed by atoms with Crippen molar-refractivity contribution >= 4 is 100 Å². The van der Waals surface area contributed by atoms with Gasteiger partial charge < -0.3 is 104 Å². The molecule has 17 N–H and O–H groups in total. The first-order valence-electron chi connectivity index (χ1n) is 39.6. The molecule has 6 rings (SSSR count). The molecule has 2 aromatic rings. The minimum atomic E-state index is -1.48. The zero-order valence-electron chi connectivity index (χ0n) is 65.7. The van der Waals surface area contributed by atoms with Crippen LogP contribution in [0.25, 0.3) is 0 Å². The van der Waals surface area contributed by atoms with Crippen LogP contribution in [0.5, 0.6) is 0 Å². The first-order valence-corrected chi connectivity index (χ1v) is 42.0. The van der Waals surface area contributed by atoms with E-state index in [0.29, 0.717) is 161 Å². The SMILES string of the molecule is CCCC[C@H](NC(=O)CCC(=O)NCCCOCCOCCOCCCNC(=O)CN1CCN(C(=O)C(CNCCN)CNCCN)CC1)C(=O)N[C@H]1CSCc2cncc(c2)CSC[C@@H](C(=O)O)NC(=O)[C@H](Cc2ccccc2)NC(=O)[C@H](CCC(N)=O)NC(=O)[C@H](C(C)C)NC(=O)[C@@H]2CCCN2C(=O)[C@@H]2CCCN2C1=O. The molecule has 0 saturated carbocycles. The fourth-order valence-electron chi connectivity index (χ4n) is 13.3. The molecule has 0 aliphatic carbocycles. The lowest BCUT2D eigenvalue weighted by Crippen LogP contribution is -2.61. The maximum absolute atomic E-state index is 15.1. The number of pyridine rings is 1. The number of primary amides is 1. The Morgan fingerprint density at radius 3 is 1.81 bits per heavy atom. The molecule has 8 atom stereocenters. The lowest BCUT2D eigenvalue weighted by atomic mass is 10.0. The number of hydrogen-bond donors (Lipinski definition) is 14. The number of ether oxygens (including phenoxy) is 3. The van der Waals surface area contributed by atoms with Crippen molar-refractivity contribution in [1.82, 2.24) is 77.8 Å². The zero-order chi connectivity index (χ0) is 81.9. The lowest BCUT2D eigenvalue weighted by molar-refractivity contribution is -0.148. The van der Waals surface area contributed by atoms with Crippen LogP contribution in [0.15, 0.2) is 48.8 Å². The minimum Gasteiger partial charge on any atom is -0.480 e. The molecule has 1 aromatic carbocycles. The first-order chi connectivity index (χ1) is 54.5. The van der Waals surface area contributed by atoms with E-state index in [1.165, 1.54) is 33.3 Å². The number of carboxylic acids is 1. The topological polar surface area (TPSA) is 494 Å². The smallest absolute Gasteiger partial charge is 0.327 e. The van der Waals surface area contributed by atoms with Crippen LogP contribution in [0, 0.1) is 11.8 Å². The maximum atomic E-state index is 15.1. The van der Waals surface area contributed by atoms with Crippen LogP contribution < -0.4 is 70.4 Å². The van der Waals surface area contributed by atoms with E-state index in [-0.39, 0.29) is 124 Å². The predicted octanol–water partition coefficient (Wildman–Crippen LogP) is -2.41. The lowest BCUT2D eigenvalue weighted by Gasteiger charge is -2.36. The largest absolute Gasteiger partial charge is 0.480 e. The van der Waals surface area contributed by atoms with E-state index in [1.807, 2.05) is 22.8 Å². The van der Waals surface area contributed by atoms with Gasteiger partial charge in [-0.15, -0.1) is 0 Å².